The van der Waals surface area contributed by atoms with Crippen LogP contribution in [0.5, 0.6) is 0 Å². The molecule has 0 unspecified atom stereocenters. The van der Waals surface area contributed by atoms with Gasteiger partial charge in [0, 0.05) is 40.9 Å². The Bertz CT molecular complexity index is 1390. The van der Waals surface area contributed by atoms with E-state index < -0.39 is 15.8 Å². The molecule has 3 N–H and O–H groups in total. The summed E-state index contributed by atoms with van der Waals surface area (Å²) in [5, 5.41) is 10.7. The Hall–Kier alpha value is -3.61. The zero-order chi connectivity index (χ0) is 24.1. The number of nitrogens with one attached hydrogen (secondary N) is 3. The van der Waals surface area contributed by atoms with Crippen LogP contribution in [0, 0.1) is 5.82 Å². The molecule has 2 aromatic carbocycles. The molecule has 2 heterocycles. The maximum absolute atomic E-state index is 14.0. The van der Waals surface area contributed by atoms with Crippen LogP contribution in [0.4, 0.5) is 21.8 Å². The van der Waals surface area contributed by atoms with Gasteiger partial charge in [-0.05, 0) is 54.7 Å². The lowest BCUT2D eigenvalue weighted by atomic mass is 10.2. The molecule has 0 saturated carbocycles. The lowest BCUT2D eigenvalue weighted by Gasteiger charge is -2.10. The van der Waals surface area contributed by atoms with E-state index in [1.165, 1.54) is 41.3 Å². The standard InChI is InChI=1S/C21H17ClFN7O2S2/c22-17-3-1-4-18(23)16(17)13-30-12-9-19(28-30)27-21(33)26-14-5-7-15(8-6-14)34(31,32)29-20-24-10-2-11-25-20/h1-12H,13H2,(H,24,25,29)(H2,26,27,28,33). The van der Waals surface area contributed by atoms with Gasteiger partial charge in [-0.25, -0.2) is 27.5 Å². The minimum absolute atomic E-state index is 0.0215. The quantitative estimate of drug-likeness (QED) is 0.314. The molecule has 2 aromatic heterocycles. The molecular formula is C21H17ClFN7O2S2. The first-order chi connectivity index (χ1) is 16.3. The maximum atomic E-state index is 14.0. The molecule has 0 radical (unpaired) electrons. The summed E-state index contributed by atoms with van der Waals surface area (Å²) < 4.78 is 42.7. The number of aromatic nitrogens is 4. The van der Waals surface area contributed by atoms with Gasteiger partial charge in [0.05, 0.1) is 11.4 Å². The normalized spacial score (nSPS) is 11.1. The third-order valence-corrected chi connectivity index (χ3v) is 6.38. The van der Waals surface area contributed by atoms with Gasteiger partial charge >= 0.3 is 0 Å². The predicted octanol–water partition coefficient (Wildman–Crippen LogP) is 4.12. The number of hydrogen-bond donors (Lipinski definition) is 3. The summed E-state index contributed by atoms with van der Waals surface area (Å²) in [5.74, 6) is 0.00895. The van der Waals surface area contributed by atoms with Gasteiger partial charge in [0.2, 0.25) is 5.95 Å². The second-order valence-corrected chi connectivity index (χ2v) is 9.38. The average Bonchev–Trinajstić information content (AvgIpc) is 3.24. The Morgan fingerprint density at radius 3 is 2.47 bits per heavy atom. The summed E-state index contributed by atoms with van der Waals surface area (Å²) in [4.78, 5) is 7.73. The van der Waals surface area contributed by atoms with Crippen molar-refractivity contribution in [3.8, 4) is 0 Å². The zero-order valence-corrected chi connectivity index (χ0v) is 19.7. The largest absolute Gasteiger partial charge is 0.332 e. The molecule has 0 fully saturated rings. The summed E-state index contributed by atoms with van der Waals surface area (Å²) >= 11 is 11.4. The van der Waals surface area contributed by atoms with E-state index in [4.69, 9.17) is 23.8 Å². The van der Waals surface area contributed by atoms with Gasteiger partial charge < -0.3 is 10.6 Å². The van der Waals surface area contributed by atoms with Crippen LogP contribution in [0.1, 0.15) is 5.56 Å². The second kappa shape index (κ2) is 10.1. The Morgan fingerprint density at radius 2 is 1.76 bits per heavy atom. The Morgan fingerprint density at radius 1 is 1.03 bits per heavy atom. The Kier molecular flexibility index (Phi) is 7.01. The molecule has 4 aromatic rings. The van der Waals surface area contributed by atoms with Crippen LogP contribution in [0.3, 0.4) is 0 Å². The van der Waals surface area contributed by atoms with Crippen LogP contribution in [0.15, 0.2) is 78.1 Å². The van der Waals surface area contributed by atoms with Crippen LogP contribution in [-0.2, 0) is 16.6 Å². The molecule has 0 saturated heterocycles. The van der Waals surface area contributed by atoms with E-state index in [1.807, 2.05) is 0 Å². The maximum Gasteiger partial charge on any atom is 0.264 e. The van der Waals surface area contributed by atoms with Crippen LogP contribution in [0.25, 0.3) is 0 Å². The van der Waals surface area contributed by atoms with E-state index in [1.54, 1.807) is 36.5 Å². The number of halogens is 2. The summed E-state index contributed by atoms with van der Waals surface area (Å²) in [6.45, 7) is 0.158. The van der Waals surface area contributed by atoms with E-state index in [9.17, 15) is 12.8 Å². The lowest BCUT2D eigenvalue weighted by Crippen LogP contribution is -2.20. The van der Waals surface area contributed by atoms with E-state index >= 15 is 0 Å². The first kappa shape index (κ1) is 23.5. The molecule has 0 aliphatic heterocycles. The van der Waals surface area contributed by atoms with Gasteiger partial charge in [0.15, 0.2) is 10.9 Å². The summed E-state index contributed by atoms with van der Waals surface area (Å²) in [5.41, 5.74) is 0.896. The molecule has 0 atom stereocenters. The van der Waals surface area contributed by atoms with Crippen LogP contribution in [-0.4, -0.2) is 33.3 Å². The highest BCUT2D eigenvalue weighted by atomic mass is 35.5. The molecular weight excluding hydrogens is 501 g/mol. The second-order valence-electron chi connectivity index (χ2n) is 6.88. The molecule has 0 aliphatic carbocycles. The first-order valence-corrected chi connectivity index (χ1v) is 12.0. The molecule has 0 aliphatic rings. The Balaban J connectivity index is 1.35. The fourth-order valence-corrected chi connectivity index (χ4v) is 4.29. The minimum atomic E-state index is -3.84. The fraction of sp³-hybridized carbons (Fsp3) is 0.0476. The molecule has 4 rings (SSSR count). The highest BCUT2D eigenvalue weighted by Gasteiger charge is 2.15. The van der Waals surface area contributed by atoms with Crippen molar-refractivity contribution in [1.82, 2.24) is 19.7 Å². The van der Waals surface area contributed by atoms with Crippen molar-refractivity contribution in [2.75, 3.05) is 15.4 Å². The van der Waals surface area contributed by atoms with Gasteiger partial charge in [-0.15, -0.1) is 0 Å². The monoisotopic (exact) mass is 517 g/mol. The smallest absolute Gasteiger partial charge is 0.264 e. The molecule has 0 amide bonds. The fourth-order valence-electron chi connectivity index (χ4n) is 2.89. The number of hydrogen-bond acceptors (Lipinski definition) is 6. The Labute approximate surface area is 205 Å². The van der Waals surface area contributed by atoms with Crippen LogP contribution < -0.4 is 15.4 Å². The van der Waals surface area contributed by atoms with Crippen molar-refractivity contribution < 1.29 is 12.8 Å². The molecule has 34 heavy (non-hydrogen) atoms. The summed E-state index contributed by atoms with van der Waals surface area (Å²) in [6, 6.07) is 13.7. The van der Waals surface area contributed by atoms with Crippen molar-refractivity contribution in [2.24, 2.45) is 0 Å². The van der Waals surface area contributed by atoms with E-state index in [0.717, 1.165) is 0 Å². The molecule has 13 heteroatoms. The van der Waals surface area contributed by atoms with Crippen LogP contribution in [0.2, 0.25) is 5.02 Å². The third kappa shape index (κ3) is 5.84. The molecule has 174 valence electrons. The van der Waals surface area contributed by atoms with Gasteiger partial charge in [0.25, 0.3) is 10.0 Å². The topological polar surface area (TPSA) is 114 Å². The third-order valence-electron chi connectivity index (χ3n) is 4.48. The van der Waals surface area contributed by atoms with E-state index in [2.05, 4.69) is 30.4 Å². The number of thiocarbonyl (C=S) groups is 1. The average molecular weight is 518 g/mol. The number of benzene rings is 2. The van der Waals surface area contributed by atoms with Gasteiger partial charge in [-0.3, -0.25) is 4.68 Å². The SMILES string of the molecule is O=S(=O)(Nc1ncccn1)c1ccc(NC(=S)Nc2ccn(Cc3c(F)cccc3Cl)n2)cc1. The van der Waals surface area contributed by atoms with Crippen LogP contribution >= 0.6 is 23.8 Å². The number of anilines is 3. The molecule has 0 bridgehead atoms. The molecule has 9 nitrogen and oxygen atoms in total. The van der Waals surface area contributed by atoms with Crippen molar-refractivity contribution in [2.45, 2.75) is 11.4 Å². The van der Waals surface area contributed by atoms with E-state index in [0.29, 0.717) is 22.1 Å². The van der Waals surface area contributed by atoms with Crippen molar-refractivity contribution in [3.05, 3.63) is 89.6 Å². The van der Waals surface area contributed by atoms with Gasteiger partial charge in [-0.2, -0.15) is 5.10 Å². The minimum Gasteiger partial charge on any atom is -0.332 e. The number of nitrogens with zero attached hydrogens (tertiary/aromatic N) is 4. The predicted molar refractivity (Wildman–Crippen MR) is 132 cm³/mol. The zero-order valence-electron chi connectivity index (χ0n) is 17.3. The van der Waals surface area contributed by atoms with E-state index in [-0.39, 0.29) is 22.5 Å². The van der Waals surface area contributed by atoms with Crippen molar-refractivity contribution in [1.29, 1.82) is 0 Å². The summed E-state index contributed by atoms with van der Waals surface area (Å²) in [6.07, 6.45) is 4.53. The van der Waals surface area contributed by atoms with Gasteiger partial charge in [0.1, 0.15) is 5.82 Å². The highest BCUT2D eigenvalue weighted by Crippen LogP contribution is 2.20. The molecule has 0 spiro atoms. The number of rotatable bonds is 7. The summed E-state index contributed by atoms with van der Waals surface area (Å²) in [7, 11) is -3.84. The van der Waals surface area contributed by atoms with Gasteiger partial charge in [-0.1, -0.05) is 17.7 Å². The van der Waals surface area contributed by atoms with Crippen molar-refractivity contribution >= 4 is 56.4 Å². The number of sulfonamides is 1. The first-order valence-electron chi connectivity index (χ1n) is 9.74. The highest BCUT2D eigenvalue weighted by molar-refractivity contribution is 7.92. The lowest BCUT2D eigenvalue weighted by molar-refractivity contribution is 0.586. The van der Waals surface area contributed by atoms with Crippen molar-refractivity contribution in [3.63, 3.8) is 0 Å².